The Morgan fingerprint density at radius 2 is 2.00 bits per heavy atom. The molecule has 0 aliphatic heterocycles. The summed E-state index contributed by atoms with van der Waals surface area (Å²) < 4.78 is 33.7. The molecule has 1 fully saturated rings. The van der Waals surface area contributed by atoms with Gasteiger partial charge in [-0.25, -0.2) is 0 Å². The van der Waals surface area contributed by atoms with Crippen molar-refractivity contribution in [1.82, 2.24) is 5.16 Å². The summed E-state index contributed by atoms with van der Waals surface area (Å²) in [5.41, 5.74) is 8.23. The molecule has 6 heteroatoms. The highest BCUT2D eigenvalue weighted by molar-refractivity contribution is 5.75. The fourth-order valence-corrected chi connectivity index (χ4v) is 2.56. The molecule has 112 valence electrons. The van der Waals surface area contributed by atoms with Gasteiger partial charge in [0.2, 0.25) is 5.88 Å². The van der Waals surface area contributed by atoms with E-state index < -0.39 is 6.61 Å². The molecule has 2 N–H and O–H groups in total. The lowest BCUT2D eigenvalue weighted by Crippen LogP contribution is -2.14. The van der Waals surface area contributed by atoms with Crippen LogP contribution in [-0.4, -0.2) is 11.8 Å². The maximum absolute atomic E-state index is 12.1. The van der Waals surface area contributed by atoms with Crippen molar-refractivity contribution in [1.29, 1.82) is 0 Å². The lowest BCUT2D eigenvalue weighted by molar-refractivity contribution is -0.0498. The van der Waals surface area contributed by atoms with Crippen molar-refractivity contribution < 1.29 is 18.0 Å². The van der Waals surface area contributed by atoms with Gasteiger partial charge in [0.15, 0.2) is 0 Å². The third-order valence-corrected chi connectivity index (χ3v) is 3.86. The van der Waals surface area contributed by atoms with Crippen LogP contribution in [0.25, 0.3) is 11.1 Å². The summed E-state index contributed by atoms with van der Waals surface area (Å²) in [7, 11) is 0. The third kappa shape index (κ3) is 2.99. The third-order valence-electron chi connectivity index (χ3n) is 3.86. The maximum atomic E-state index is 12.1. The first-order valence-corrected chi connectivity index (χ1v) is 6.92. The van der Waals surface area contributed by atoms with Crippen LogP contribution in [0.4, 0.5) is 14.7 Å². The molecule has 0 spiro atoms. The van der Waals surface area contributed by atoms with E-state index in [1.807, 2.05) is 0 Å². The smallest absolute Gasteiger partial charge is 0.387 e. The van der Waals surface area contributed by atoms with E-state index in [1.54, 1.807) is 12.1 Å². The largest absolute Gasteiger partial charge is 0.435 e. The number of nitrogens with two attached hydrogens (primary N) is 1. The molecule has 2 aromatic rings. The van der Waals surface area contributed by atoms with Crippen molar-refractivity contribution in [2.45, 2.75) is 32.3 Å². The van der Waals surface area contributed by atoms with Gasteiger partial charge in [0.05, 0.1) is 11.3 Å². The van der Waals surface area contributed by atoms with E-state index in [9.17, 15) is 8.78 Å². The van der Waals surface area contributed by atoms with Crippen LogP contribution < -0.4 is 10.5 Å². The van der Waals surface area contributed by atoms with E-state index in [1.165, 1.54) is 31.4 Å². The van der Waals surface area contributed by atoms with Crippen molar-refractivity contribution in [2.24, 2.45) is 5.92 Å². The highest BCUT2D eigenvalue weighted by Gasteiger charge is 2.23. The van der Waals surface area contributed by atoms with Crippen LogP contribution in [0, 0.1) is 5.92 Å². The molecule has 0 radical (unpaired) electrons. The Hall–Kier alpha value is -2.11. The average Bonchev–Trinajstić information content (AvgIpc) is 2.75. The van der Waals surface area contributed by atoms with Gasteiger partial charge in [0, 0.05) is 0 Å². The Labute approximate surface area is 120 Å². The second-order valence-corrected chi connectivity index (χ2v) is 5.27. The molecule has 0 unspecified atom stereocenters. The Balaban J connectivity index is 1.83. The molecule has 0 bridgehead atoms. The summed E-state index contributed by atoms with van der Waals surface area (Å²) in [5, 5.41) is 4.03. The normalized spacial score (nSPS) is 15.2. The van der Waals surface area contributed by atoms with Gasteiger partial charge >= 0.3 is 6.61 Å². The van der Waals surface area contributed by atoms with Crippen LogP contribution in [0.3, 0.4) is 0 Å². The number of hydrogen-bond donors (Lipinski definition) is 1. The SMILES string of the molecule is Nc1onc(CC2CCC2)c1-c1ccc(OC(F)F)cc1. The molecule has 1 aliphatic rings. The van der Waals surface area contributed by atoms with Crippen LogP contribution in [0.1, 0.15) is 25.0 Å². The molecule has 1 saturated carbocycles. The van der Waals surface area contributed by atoms with Gasteiger partial charge in [-0.1, -0.05) is 36.6 Å². The first-order valence-electron chi connectivity index (χ1n) is 6.92. The predicted molar refractivity (Wildman–Crippen MR) is 74.0 cm³/mol. The fraction of sp³-hybridized carbons (Fsp3) is 0.400. The van der Waals surface area contributed by atoms with Crippen molar-refractivity contribution in [3.8, 4) is 16.9 Å². The Bertz CT molecular complexity index is 607. The zero-order valence-corrected chi connectivity index (χ0v) is 11.4. The lowest BCUT2D eigenvalue weighted by atomic mass is 9.81. The van der Waals surface area contributed by atoms with E-state index in [0.717, 1.165) is 23.2 Å². The standard InChI is InChI=1S/C15H16F2N2O2/c16-15(17)20-11-6-4-10(5-7-11)13-12(19-21-14(13)18)8-9-2-1-3-9/h4-7,9,15H,1-3,8,18H2. The molecule has 1 heterocycles. The highest BCUT2D eigenvalue weighted by Crippen LogP contribution is 2.36. The Morgan fingerprint density at radius 1 is 1.29 bits per heavy atom. The second-order valence-electron chi connectivity index (χ2n) is 5.27. The number of aromatic nitrogens is 1. The number of halogens is 2. The topological polar surface area (TPSA) is 61.3 Å². The zero-order chi connectivity index (χ0) is 14.8. The number of alkyl halides is 2. The number of hydrogen-bond acceptors (Lipinski definition) is 4. The monoisotopic (exact) mass is 294 g/mol. The van der Waals surface area contributed by atoms with Crippen molar-refractivity contribution in [3.05, 3.63) is 30.0 Å². The van der Waals surface area contributed by atoms with Crippen LogP contribution >= 0.6 is 0 Å². The van der Waals surface area contributed by atoms with E-state index in [-0.39, 0.29) is 11.6 Å². The quantitative estimate of drug-likeness (QED) is 0.909. The van der Waals surface area contributed by atoms with E-state index in [0.29, 0.717) is 5.92 Å². The first kappa shape index (κ1) is 13.9. The summed E-state index contributed by atoms with van der Waals surface area (Å²) in [4.78, 5) is 0. The molecule has 1 aromatic heterocycles. The van der Waals surface area contributed by atoms with Crippen LogP contribution in [0.2, 0.25) is 0 Å². The molecule has 3 rings (SSSR count). The van der Waals surface area contributed by atoms with Gasteiger partial charge in [-0.3, -0.25) is 0 Å². The van der Waals surface area contributed by atoms with Crippen LogP contribution in [0.5, 0.6) is 5.75 Å². The van der Waals surface area contributed by atoms with E-state index in [4.69, 9.17) is 10.3 Å². The number of benzene rings is 1. The first-order chi connectivity index (χ1) is 10.1. The number of anilines is 1. The highest BCUT2D eigenvalue weighted by atomic mass is 19.3. The Kier molecular flexibility index (Phi) is 3.77. The minimum absolute atomic E-state index is 0.115. The second kappa shape index (κ2) is 5.71. The lowest BCUT2D eigenvalue weighted by Gasteiger charge is -2.24. The average molecular weight is 294 g/mol. The van der Waals surface area contributed by atoms with Crippen LogP contribution in [-0.2, 0) is 6.42 Å². The minimum atomic E-state index is -2.83. The minimum Gasteiger partial charge on any atom is -0.435 e. The number of nitrogens with zero attached hydrogens (tertiary/aromatic N) is 1. The number of nitrogen functional groups attached to an aromatic ring is 1. The summed E-state index contributed by atoms with van der Waals surface area (Å²) in [6.07, 6.45) is 4.50. The van der Waals surface area contributed by atoms with Gasteiger partial charge in [-0.2, -0.15) is 8.78 Å². The molecule has 0 saturated heterocycles. The van der Waals surface area contributed by atoms with Gasteiger partial charge in [-0.05, 0) is 30.0 Å². The van der Waals surface area contributed by atoms with Crippen LogP contribution in [0.15, 0.2) is 28.8 Å². The fourth-order valence-electron chi connectivity index (χ4n) is 2.56. The number of ether oxygens (including phenoxy) is 1. The molecule has 4 nitrogen and oxygen atoms in total. The summed E-state index contributed by atoms with van der Waals surface area (Å²) >= 11 is 0. The van der Waals surface area contributed by atoms with Crippen molar-refractivity contribution in [3.63, 3.8) is 0 Å². The summed E-state index contributed by atoms with van der Waals surface area (Å²) in [6, 6.07) is 6.35. The molecular formula is C15H16F2N2O2. The zero-order valence-electron chi connectivity index (χ0n) is 11.4. The summed E-state index contributed by atoms with van der Waals surface area (Å²) in [6.45, 7) is -2.83. The molecule has 21 heavy (non-hydrogen) atoms. The summed E-state index contributed by atoms with van der Waals surface area (Å²) in [5.74, 6) is 1.01. The predicted octanol–water partition coefficient (Wildman–Crippen LogP) is 3.87. The maximum Gasteiger partial charge on any atom is 0.387 e. The van der Waals surface area contributed by atoms with Gasteiger partial charge < -0.3 is 15.0 Å². The molecular weight excluding hydrogens is 278 g/mol. The van der Waals surface area contributed by atoms with E-state index in [2.05, 4.69) is 9.89 Å². The van der Waals surface area contributed by atoms with Gasteiger partial charge in [0.1, 0.15) is 5.75 Å². The molecule has 0 atom stereocenters. The Morgan fingerprint density at radius 3 is 2.57 bits per heavy atom. The van der Waals surface area contributed by atoms with Crippen molar-refractivity contribution in [2.75, 3.05) is 5.73 Å². The number of rotatable bonds is 5. The van der Waals surface area contributed by atoms with E-state index >= 15 is 0 Å². The van der Waals surface area contributed by atoms with Gasteiger partial charge in [0.25, 0.3) is 0 Å². The molecule has 1 aromatic carbocycles. The van der Waals surface area contributed by atoms with Crippen molar-refractivity contribution >= 4 is 5.88 Å². The molecule has 0 amide bonds. The molecule has 1 aliphatic carbocycles. The van der Waals surface area contributed by atoms with Gasteiger partial charge in [-0.15, -0.1) is 0 Å².